The van der Waals surface area contributed by atoms with Crippen molar-refractivity contribution in [2.45, 2.75) is 170 Å². The van der Waals surface area contributed by atoms with Crippen molar-refractivity contribution in [3.05, 3.63) is 54.9 Å². The van der Waals surface area contributed by atoms with Crippen LogP contribution in [0, 0.1) is 24.2 Å². The highest BCUT2D eigenvalue weighted by Crippen LogP contribution is 2.44. The van der Waals surface area contributed by atoms with E-state index in [0.29, 0.717) is 0 Å². The van der Waals surface area contributed by atoms with E-state index in [2.05, 4.69) is 80.9 Å². The van der Waals surface area contributed by atoms with E-state index in [-0.39, 0.29) is 47.7 Å². The molecule has 2 aromatic rings. The van der Waals surface area contributed by atoms with E-state index < -0.39 is 63.9 Å². The van der Waals surface area contributed by atoms with Crippen molar-refractivity contribution in [2.75, 3.05) is 13.1 Å². The number of carbonyl (C=O) groups is 3. The largest absolute Gasteiger partial charge is 0.457 e. The van der Waals surface area contributed by atoms with E-state index in [1.54, 1.807) is 11.0 Å². The molecule has 1 aromatic carbocycles. The molecule has 0 bridgehead atoms. The Kier molecular flexibility index (Phi) is 16.8. The molecule has 1 amide bonds. The highest BCUT2D eigenvalue weighted by molar-refractivity contribution is 6.74. The molecule has 0 radical (unpaired) electrons. The van der Waals surface area contributed by atoms with Gasteiger partial charge in [-0.1, -0.05) is 87.5 Å². The molecule has 0 spiro atoms. The van der Waals surface area contributed by atoms with Gasteiger partial charge in [-0.2, -0.15) is 0 Å². The third-order valence-corrected chi connectivity index (χ3v) is 21.5. The van der Waals surface area contributed by atoms with Crippen LogP contribution in [0.4, 0.5) is 4.79 Å². The number of ketones is 1. The molecule has 0 fully saturated rings. The predicted molar refractivity (Wildman–Crippen MR) is 243 cm³/mol. The van der Waals surface area contributed by atoms with Crippen LogP contribution in [0.1, 0.15) is 120 Å². The molecule has 10 nitrogen and oxygen atoms in total. The number of carbonyl (C=O) groups excluding carboxylic acids is 3. The van der Waals surface area contributed by atoms with Crippen molar-refractivity contribution in [2.24, 2.45) is 24.3 Å². The molecule has 58 heavy (non-hydrogen) atoms. The molecule has 5 atom stereocenters. The minimum absolute atomic E-state index is 0.0358. The van der Waals surface area contributed by atoms with Gasteiger partial charge in [0.25, 0.3) is 0 Å². The molecule has 12 heteroatoms. The minimum Gasteiger partial charge on any atom is -0.457 e. The van der Waals surface area contributed by atoms with Gasteiger partial charge in [0.2, 0.25) is 0 Å². The van der Waals surface area contributed by atoms with Crippen LogP contribution >= 0.6 is 0 Å². The van der Waals surface area contributed by atoms with Gasteiger partial charge < -0.3 is 27.8 Å². The highest BCUT2D eigenvalue weighted by Gasteiger charge is 2.50. The molecule has 0 saturated carbocycles. The van der Waals surface area contributed by atoms with Crippen LogP contribution in [0.15, 0.2) is 43.5 Å². The fraction of sp³-hybridized carbons (Fsp3) is 0.696. The van der Waals surface area contributed by atoms with Gasteiger partial charge in [0, 0.05) is 37.9 Å². The second kappa shape index (κ2) is 19.1. The van der Waals surface area contributed by atoms with Crippen LogP contribution in [0.2, 0.25) is 36.3 Å². The Hall–Kier alpha value is -3.07. The Balaban J connectivity index is 2.62. The summed E-state index contributed by atoms with van der Waals surface area (Å²) in [5.41, 5.74) is 0.688. The molecular formula is C46H79N3O7Si2. The zero-order chi connectivity index (χ0) is 45.0. The maximum atomic E-state index is 14.9. The molecule has 1 aromatic heterocycles. The lowest BCUT2D eigenvalue weighted by Gasteiger charge is -2.46. The number of nitrogens with zero attached hydrogens (tertiary/aromatic N) is 3. The van der Waals surface area contributed by atoms with Crippen molar-refractivity contribution >= 4 is 45.5 Å². The Labute approximate surface area is 353 Å². The Bertz CT molecular complexity index is 1760. The fourth-order valence-electron chi connectivity index (χ4n) is 6.39. The average Bonchev–Trinajstić information content (AvgIpc) is 3.36. The number of fused-ring (bicyclic) bond motifs is 1. The maximum Gasteiger partial charge on any atom is 0.410 e. The molecule has 0 saturated heterocycles. The Morgan fingerprint density at radius 1 is 0.897 bits per heavy atom. The first-order chi connectivity index (χ1) is 26.2. The number of aryl methyl sites for hydroxylation is 2. The monoisotopic (exact) mass is 842 g/mol. The Morgan fingerprint density at radius 3 is 1.95 bits per heavy atom. The van der Waals surface area contributed by atoms with Gasteiger partial charge in [-0.05, 0) is 87.6 Å². The third kappa shape index (κ3) is 13.0. The first kappa shape index (κ1) is 51.1. The number of hydrogen-bond donors (Lipinski definition) is 0. The topological polar surface area (TPSA) is 109 Å². The van der Waals surface area contributed by atoms with E-state index >= 15 is 0 Å². The van der Waals surface area contributed by atoms with Crippen LogP contribution in [0.3, 0.4) is 0 Å². The van der Waals surface area contributed by atoms with Crippen LogP contribution in [-0.4, -0.2) is 79.8 Å². The molecule has 0 N–H and O–H groups in total. The molecule has 0 unspecified atom stereocenters. The number of rotatable bonds is 19. The number of imidazole rings is 1. The van der Waals surface area contributed by atoms with Gasteiger partial charge in [-0.15, -0.1) is 13.2 Å². The number of benzene rings is 1. The summed E-state index contributed by atoms with van der Waals surface area (Å²) in [6.45, 7) is 45.3. The highest BCUT2D eigenvalue weighted by atomic mass is 28.4. The van der Waals surface area contributed by atoms with Crippen LogP contribution in [0.25, 0.3) is 11.0 Å². The average molecular weight is 842 g/mol. The molecule has 0 aliphatic carbocycles. The predicted octanol–water partition coefficient (Wildman–Crippen LogP) is 11.5. The van der Waals surface area contributed by atoms with E-state index in [9.17, 15) is 14.4 Å². The second-order valence-corrected chi connectivity index (χ2v) is 30.3. The number of aromatic nitrogens is 2. The fourth-order valence-corrected chi connectivity index (χ4v) is 9.28. The zero-order valence-electron chi connectivity index (χ0n) is 39.7. The summed E-state index contributed by atoms with van der Waals surface area (Å²) in [6, 6.07) is 5.85. The van der Waals surface area contributed by atoms with Gasteiger partial charge in [-0.25, -0.2) is 9.78 Å². The van der Waals surface area contributed by atoms with Gasteiger partial charge >= 0.3 is 12.1 Å². The van der Waals surface area contributed by atoms with Gasteiger partial charge in [0.1, 0.15) is 23.3 Å². The van der Waals surface area contributed by atoms with E-state index in [1.165, 1.54) is 0 Å². The summed E-state index contributed by atoms with van der Waals surface area (Å²) in [7, 11) is -2.86. The molecule has 0 aliphatic rings. The second-order valence-electron chi connectivity index (χ2n) is 20.8. The molecular weight excluding hydrogens is 763 g/mol. The van der Waals surface area contributed by atoms with Crippen LogP contribution in [-0.2, 0) is 35.0 Å². The first-order valence-electron chi connectivity index (χ1n) is 20.9. The van der Waals surface area contributed by atoms with E-state index in [0.717, 1.165) is 22.4 Å². The Morgan fingerprint density at radius 2 is 1.45 bits per heavy atom. The summed E-state index contributed by atoms with van der Waals surface area (Å²) >= 11 is 0. The number of hydrogen-bond acceptors (Lipinski definition) is 8. The van der Waals surface area contributed by atoms with Gasteiger partial charge in [0.05, 0.1) is 29.7 Å². The number of esters is 1. The van der Waals surface area contributed by atoms with Crippen molar-refractivity contribution in [3.8, 4) is 0 Å². The standard InChI is InChI=1S/C46H79N3O7Si2/c1-22-27-49(42(52)54-43(6,7)8)28-26-37(34-24-25-36-35(29-34)47-33(5)48(36)17)53-39(50)30-38(55-57(18,19)44(9,10)11)46(15,16)41(51)32(4)40(31(3)23-2)56-58(20,21)45(12,13)14/h22-25,29,31-32,37-38,40H,1-2,26-28,30H2,3-21H3/t31-,32+,37-,38-,40-/m0/s1. The number of ether oxygens (including phenoxy) is 2. The summed E-state index contributed by atoms with van der Waals surface area (Å²) in [4.78, 5) is 48.9. The SMILES string of the molecule is C=CCN(CC[C@H](OC(=O)C[C@H](O[Si](C)(C)C(C)(C)C)C(C)(C)C(=O)[C@H](C)[C@@H](O[Si](C)(C)C(C)(C)C)[C@@H](C)C=C)c1ccc2c(c1)nc(C)n2C)C(=O)OC(C)(C)C. The quantitative estimate of drug-likeness (QED) is 0.0781. The first-order valence-corrected chi connectivity index (χ1v) is 26.8. The lowest BCUT2D eigenvalue weighted by Crippen LogP contribution is -2.54. The molecule has 2 rings (SSSR count). The summed E-state index contributed by atoms with van der Waals surface area (Å²) in [6.07, 6.45) is 1.24. The van der Waals surface area contributed by atoms with Crippen LogP contribution < -0.4 is 0 Å². The van der Waals surface area contributed by atoms with Crippen molar-refractivity contribution < 1.29 is 32.7 Å². The number of Topliss-reactive ketones (excluding diaryl/α,β-unsaturated/α-hetero) is 1. The van der Waals surface area contributed by atoms with Crippen molar-refractivity contribution in [3.63, 3.8) is 0 Å². The zero-order valence-corrected chi connectivity index (χ0v) is 41.7. The summed E-state index contributed by atoms with van der Waals surface area (Å²) in [5.74, 6) is -0.277. The van der Waals surface area contributed by atoms with Crippen LogP contribution in [0.5, 0.6) is 0 Å². The lowest BCUT2D eigenvalue weighted by molar-refractivity contribution is -0.155. The molecule has 328 valence electrons. The minimum atomic E-state index is -2.53. The third-order valence-electron chi connectivity index (χ3n) is 12.5. The lowest BCUT2D eigenvalue weighted by atomic mass is 9.73. The maximum absolute atomic E-state index is 14.9. The smallest absolute Gasteiger partial charge is 0.410 e. The van der Waals surface area contributed by atoms with Crippen molar-refractivity contribution in [1.82, 2.24) is 14.5 Å². The van der Waals surface area contributed by atoms with Crippen molar-refractivity contribution in [1.29, 1.82) is 0 Å². The van der Waals surface area contributed by atoms with E-state index in [4.69, 9.17) is 23.3 Å². The normalized spacial score (nSPS) is 15.9. The van der Waals surface area contributed by atoms with Gasteiger partial charge in [0.15, 0.2) is 16.6 Å². The molecule has 0 aliphatic heterocycles. The molecule has 1 heterocycles. The van der Waals surface area contributed by atoms with Gasteiger partial charge in [-0.3, -0.25) is 9.59 Å². The summed E-state index contributed by atoms with van der Waals surface area (Å²) in [5, 5.41) is -0.255. The summed E-state index contributed by atoms with van der Waals surface area (Å²) < 4.78 is 28.2. The van der Waals surface area contributed by atoms with E-state index in [1.807, 2.05) is 91.3 Å². The number of amides is 1.